The molecule has 2 saturated heterocycles. The van der Waals surface area contributed by atoms with Gasteiger partial charge in [0.2, 0.25) is 0 Å². The van der Waals surface area contributed by atoms with E-state index in [2.05, 4.69) is 24.5 Å². The van der Waals surface area contributed by atoms with Gasteiger partial charge in [0.25, 0.3) is 0 Å². The summed E-state index contributed by atoms with van der Waals surface area (Å²) in [6.45, 7) is -1.63. The van der Waals surface area contributed by atoms with Crippen LogP contribution in [0.5, 0.6) is 0 Å². The van der Waals surface area contributed by atoms with Crippen LogP contribution < -0.4 is 17.2 Å². The number of imidazole rings is 1. The third kappa shape index (κ3) is 6.37. The average Bonchev–Trinajstić information content (AvgIpc) is 3.58. The van der Waals surface area contributed by atoms with Gasteiger partial charge in [0, 0.05) is 6.20 Å². The molecule has 2 aliphatic rings. The minimum atomic E-state index is -5.08. The Balaban J connectivity index is 1.27. The van der Waals surface area contributed by atoms with Crippen LogP contribution in [0.4, 0.5) is 11.6 Å². The zero-order valence-corrected chi connectivity index (χ0v) is 23.0. The zero-order chi connectivity index (χ0) is 30.4. The number of rotatable bonds is 10. The van der Waals surface area contributed by atoms with Crippen molar-refractivity contribution < 1.29 is 57.1 Å². The summed E-state index contributed by atoms with van der Waals surface area (Å²) in [6, 6.07) is 0.491. The molecule has 1 unspecified atom stereocenters. The fraction of sp³-hybridized carbons (Fsp3) is 0.526. The number of phosphoric ester groups is 2. The van der Waals surface area contributed by atoms with Crippen molar-refractivity contribution in [2.45, 2.75) is 42.8 Å². The van der Waals surface area contributed by atoms with Gasteiger partial charge in [-0.1, -0.05) is 0 Å². The highest BCUT2D eigenvalue weighted by Gasteiger charge is 2.50. The van der Waals surface area contributed by atoms with E-state index in [0.29, 0.717) is 11.2 Å². The molecule has 3 aromatic rings. The van der Waals surface area contributed by atoms with Gasteiger partial charge < -0.3 is 50.4 Å². The molecule has 8 atom stereocenters. The summed E-state index contributed by atoms with van der Waals surface area (Å²) in [6.07, 6.45) is -5.47. The van der Waals surface area contributed by atoms with E-state index in [4.69, 9.17) is 39.8 Å². The number of ether oxygens (including phenoxy) is 2. The van der Waals surface area contributed by atoms with Crippen LogP contribution in [0.3, 0.4) is 0 Å². The highest BCUT2D eigenvalue weighted by atomic mass is 31.2. The molecule has 3 aromatic heterocycles. The van der Waals surface area contributed by atoms with Crippen LogP contribution >= 0.6 is 15.6 Å². The molecule has 5 heterocycles. The van der Waals surface area contributed by atoms with E-state index in [0.717, 1.165) is 10.8 Å². The summed E-state index contributed by atoms with van der Waals surface area (Å²) in [4.78, 5) is 56.4. The fourth-order valence-corrected chi connectivity index (χ4v) is 5.83. The first-order valence-corrected chi connectivity index (χ1v) is 15.0. The molecule has 42 heavy (non-hydrogen) atoms. The van der Waals surface area contributed by atoms with E-state index in [-0.39, 0.29) is 18.2 Å². The number of nitrogens with zero attached hydrogens (tertiary/aromatic N) is 6. The number of aliphatic hydroxyl groups is 2. The normalized spacial score (nSPS) is 29.7. The van der Waals surface area contributed by atoms with Gasteiger partial charge >= 0.3 is 21.3 Å². The van der Waals surface area contributed by atoms with Gasteiger partial charge in [-0.25, -0.2) is 28.9 Å². The maximum absolute atomic E-state index is 12.9. The fourth-order valence-electron chi connectivity index (χ4n) is 4.53. The molecule has 0 saturated carbocycles. The third-order valence-electron chi connectivity index (χ3n) is 6.50. The van der Waals surface area contributed by atoms with E-state index in [1.165, 1.54) is 23.3 Å². The maximum atomic E-state index is 12.9. The SMILES string of the molecule is Nc1ccn([C@@H]2O[C@H](COP(=O)(O)O)[C@@H](OP(=O)(O)OC[C@H]3OC[C@@H](n4cnc5c(N)ncnc54)[C@@H]3O)[C@H]2O)c(=O)n1. The van der Waals surface area contributed by atoms with Crippen molar-refractivity contribution in [3.8, 4) is 0 Å². The topological polar surface area (TPSA) is 312 Å². The lowest BCUT2D eigenvalue weighted by atomic mass is 10.1. The van der Waals surface area contributed by atoms with E-state index >= 15 is 0 Å². The zero-order valence-electron chi connectivity index (χ0n) is 21.2. The van der Waals surface area contributed by atoms with Crippen molar-refractivity contribution >= 4 is 38.4 Å². The van der Waals surface area contributed by atoms with Crippen LogP contribution in [0.25, 0.3) is 11.2 Å². The Morgan fingerprint density at radius 2 is 1.76 bits per heavy atom. The molecule has 230 valence electrons. The molecule has 23 heteroatoms. The van der Waals surface area contributed by atoms with E-state index < -0.39 is 77.3 Å². The number of hydrogen-bond acceptors (Lipinski definition) is 16. The van der Waals surface area contributed by atoms with Crippen LogP contribution in [0.2, 0.25) is 0 Å². The van der Waals surface area contributed by atoms with E-state index in [1.54, 1.807) is 0 Å². The lowest BCUT2D eigenvalue weighted by Crippen LogP contribution is -2.38. The quantitative estimate of drug-likeness (QED) is 0.112. The number of phosphoric acid groups is 2. The standard InChI is InChI=1S/C19H26N8O13P2/c20-11-1-2-26(19(30)25-11)18-14(29)15(10(39-18)5-37-41(31,32)33)40-42(34,35)38-4-9-13(28)8(3-36-9)27-7-24-12-16(21)22-6-23-17(12)27/h1-2,6-10,13-15,18,28-29H,3-5H2,(H,34,35)(H2,20,25,30)(H2,21,22,23)(H2,31,32,33)/t8-,9-,10-,13+,14-,15-,18-/m1/s1. The largest absolute Gasteiger partial charge is 0.472 e. The number of anilines is 2. The van der Waals surface area contributed by atoms with Crippen LogP contribution in [0.1, 0.15) is 12.3 Å². The molecule has 0 aliphatic carbocycles. The summed E-state index contributed by atoms with van der Waals surface area (Å²) in [5.41, 5.74) is 10.9. The van der Waals surface area contributed by atoms with Crippen molar-refractivity contribution in [1.29, 1.82) is 0 Å². The Kier molecular flexibility index (Phi) is 8.47. The number of aromatic nitrogens is 6. The molecule has 5 rings (SSSR count). The number of nitrogens with two attached hydrogens (primary N) is 2. The minimum absolute atomic E-state index is 0.0514. The van der Waals surface area contributed by atoms with E-state index in [9.17, 15) is 29.0 Å². The molecule has 0 radical (unpaired) electrons. The highest BCUT2D eigenvalue weighted by Crippen LogP contribution is 2.49. The van der Waals surface area contributed by atoms with Gasteiger partial charge in [-0.05, 0) is 6.07 Å². The second kappa shape index (κ2) is 11.6. The van der Waals surface area contributed by atoms with E-state index in [1.807, 2.05) is 0 Å². The van der Waals surface area contributed by atoms with Gasteiger partial charge in [0.05, 0.1) is 32.2 Å². The van der Waals surface area contributed by atoms with Gasteiger partial charge in [-0.2, -0.15) is 4.98 Å². The lowest BCUT2D eigenvalue weighted by molar-refractivity contribution is -0.0546. The number of hydrogen-bond donors (Lipinski definition) is 7. The first kappa shape index (κ1) is 30.5. The summed E-state index contributed by atoms with van der Waals surface area (Å²) in [7, 11) is -10.1. The molecule has 21 nitrogen and oxygen atoms in total. The van der Waals surface area contributed by atoms with Crippen molar-refractivity contribution in [3.05, 3.63) is 35.4 Å². The van der Waals surface area contributed by atoms with Crippen molar-refractivity contribution in [1.82, 2.24) is 29.1 Å². The van der Waals surface area contributed by atoms with Crippen molar-refractivity contribution in [3.63, 3.8) is 0 Å². The summed E-state index contributed by atoms with van der Waals surface area (Å²) in [5, 5.41) is 21.7. The van der Waals surface area contributed by atoms with Gasteiger partial charge in [0.1, 0.15) is 48.2 Å². The molecule has 0 amide bonds. The second-order valence-corrected chi connectivity index (χ2v) is 11.9. The lowest BCUT2D eigenvalue weighted by Gasteiger charge is -2.24. The van der Waals surface area contributed by atoms with Crippen LogP contribution in [0, 0.1) is 0 Å². The smallest absolute Gasteiger partial charge is 0.388 e. The summed E-state index contributed by atoms with van der Waals surface area (Å²) < 4.78 is 52.0. The Bertz CT molecular complexity index is 1600. The number of aliphatic hydroxyl groups excluding tert-OH is 2. The molecular weight excluding hydrogens is 610 g/mol. The van der Waals surface area contributed by atoms with Gasteiger partial charge in [0.15, 0.2) is 17.7 Å². The highest BCUT2D eigenvalue weighted by molar-refractivity contribution is 7.47. The molecule has 0 bridgehead atoms. The van der Waals surface area contributed by atoms with Gasteiger partial charge in [-0.15, -0.1) is 0 Å². The monoisotopic (exact) mass is 636 g/mol. The summed E-state index contributed by atoms with van der Waals surface area (Å²) in [5.74, 6) is -0.00359. The van der Waals surface area contributed by atoms with Gasteiger partial charge in [-0.3, -0.25) is 18.1 Å². The van der Waals surface area contributed by atoms with Crippen LogP contribution in [-0.4, -0.2) is 104 Å². The Hall–Kier alpha value is -2.91. The third-order valence-corrected chi connectivity index (χ3v) is 7.97. The van der Waals surface area contributed by atoms with Crippen LogP contribution in [-0.2, 0) is 32.2 Å². The first-order valence-electron chi connectivity index (χ1n) is 12.0. The molecular formula is C19H26N8O13P2. The Morgan fingerprint density at radius 1 is 1.02 bits per heavy atom. The second-order valence-electron chi connectivity index (χ2n) is 9.23. The predicted molar refractivity (Wildman–Crippen MR) is 136 cm³/mol. The number of nitrogen functional groups attached to an aromatic ring is 2. The minimum Gasteiger partial charge on any atom is -0.388 e. The van der Waals surface area contributed by atoms with Crippen LogP contribution in [0.15, 0.2) is 29.7 Å². The Morgan fingerprint density at radius 3 is 2.48 bits per heavy atom. The summed E-state index contributed by atoms with van der Waals surface area (Å²) >= 11 is 0. The Labute approximate surface area is 234 Å². The maximum Gasteiger partial charge on any atom is 0.472 e. The molecule has 2 fully saturated rings. The number of fused-ring (bicyclic) bond motifs is 1. The predicted octanol–water partition coefficient (Wildman–Crippen LogP) is -2.58. The van der Waals surface area contributed by atoms with Crippen molar-refractivity contribution in [2.24, 2.45) is 0 Å². The molecule has 0 aromatic carbocycles. The van der Waals surface area contributed by atoms with Crippen molar-refractivity contribution in [2.75, 3.05) is 31.3 Å². The first-order chi connectivity index (χ1) is 19.7. The molecule has 0 spiro atoms. The molecule has 2 aliphatic heterocycles. The average molecular weight is 636 g/mol. The molecule has 9 N–H and O–H groups in total.